The van der Waals surface area contributed by atoms with Crippen LogP contribution in [0.25, 0.3) is 11.4 Å². The van der Waals surface area contributed by atoms with Gasteiger partial charge in [0.1, 0.15) is 5.75 Å². The van der Waals surface area contributed by atoms with Crippen LogP contribution in [-0.4, -0.2) is 38.2 Å². The second-order valence-corrected chi connectivity index (χ2v) is 7.48. The number of esters is 1. The first-order valence-electron chi connectivity index (χ1n) is 9.21. The maximum atomic E-state index is 11.6. The van der Waals surface area contributed by atoms with Crippen LogP contribution in [0.15, 0.2) is 29.4 Å². The van der Waals surface area contributed by atoms with E-state index in [9.17, 15) is 9.90 Å². The number of aromatic hydroxyl groups is 1. The Labute approximate surface area is 158 Å². The molecule has 0 amide bonds. The summed E-state index contributed by atoms with van der Waals surface area (Å²) in [5.74, 6) is 1.51. The number of carbonyl (C=O) groups is 1. The van der Waals surface area contributed by atoms with E-state index in [4.69, 9.17) is 4.74 Å². The van der Waals surface area contributed by atoms with Crippen molar-refractivity contribution in [3.05, 3.63) is 24.3 Å². The molecule has 0 spiro atoms. The third-order valence-corrected chi connectivity index (χ3v) is 5.52. The Morgan fingerprint density at radius 2 is 1.96 bits per heavy atom. The SMILES string of the molecule is CCOC(=O)CCSc1nnc(-c2ccc(O)cc2)n1C1CCCCC1. The zero-order valence-electron chi connectivity index (χ0n) is 15.1. The monoisotopic (exact) mass is 375 g/mol. The number of aromatic nitrogens is 3. The fraction of sp³-hybridized carbons (Fsp3) is 0.526. The number of hydrogen-bond donors (Lipinski definition) is 1. The van der Waals surface area contributed by atoms with E-state index in [0.717, 1.165) is 29.4 Å². The predicted octanol–water partition coefficient (Wildman–Crippen LogP) is 4.20. The number of hydrogen-bond acceptors (Lipinski definition) is 6. The lowest BCUT2D eigenvalue weighted by atomic mass is 9.95. The zero-order chi connectivity index (χ0) is 18.4. The van der Waals surface area contributed by atoms with Crippen LogP contribution in [0.4, 0.5) is 0 Å². The Hall–Kier alpha value is -2.02. The van der Waals surface area contributed by atoms with E-state index in [2.05, 4.69) is 14.8 Å². The summed E-state index contributed by atoms with van der Waals surface area (Å²) >= 11 is 1.55. The Bertz CT molecular complexity index is 724. The predicted molar refractivity (Wildman–Crippen MR) is 101 cm³/mol. The third-order valence-electron chi connectivity index (χ3n) is 4.57. The Morgan fingerprint density at radius 3 is 2.65 bits per heavy atom. The molecular weight excluding hydrogens is 350 g/mol. The molecule has 7 heteroatoms. The highest BCUT2D eigenvalue weighted by Gasteiger charge is 2.24. The van der Waals surface area contributed by atoms with Gasteiger partial charge in [-0.2, -0.15) is 0 Å². The molecule has 1 N–H and O–H groups in total. The number of benzene rings is 1. The van der Waals surface area contributed by atoms with Gasteiger partial charge in [0, 0.05) is 17.4 Å². The molecule has 0 atom stereocenters. The molecule has 1 saturated carbocycles. The Balaban J connectivity index is 1.81. The molecule has 26 heavy (non-hydrogen) atoms. The van der Waals surface area contributed by atoms with E-state index in [0.29, 0.717) is 24.8 Å². The molecule has 1 heterocycles. The summed E-state index contributed by atoms with van der Waals surface area (Å²) in [6, 6.07) is 7.45. The van der Waals surface area contributed by atoms with Crippen molar-refractivity contribution in [1.29, 1.82) is 0 Å². The van der Waals surface area contributed by atoms with E-state index in [1.807, 2.05) is 19.1 Å². The molecule has 1 aromatic carbocycles. The first-order chi connectivity index (χ1) is 12.7. The molecular formula is C19H25N3O3S. The summed E-state index contributed by atoms with van der Waals surface area (Å²) in [6.45, 7) is 2.22. The van der Waals surface area contributed by atoms with Gasteiger partial charge in [-0.25, -0.2) is 0 Å². The highest BCUT2D eigenvalue weighted by Crippen LogP contribution is 2.36. The van der Waals surface area contributed by atoms with Crippen LogP contribution in [0.2, 0.25) is 0 Å². The normalized spacial score (nSPS) is 15.1. The first-order valence-corrected chi connectivity index (χ1v) is 10.2. The summed E-state index contributed by atoms with van der Waals surface area (Å²) in [4.78, 5) is 11.6. The van der Waals surface area contributed by atoms with Crippen molar-refractivity contribution < 1.29 is 14.6 Å². The van der Waals surface area contributed by atoms with Gasteiger partial charge >= 0.3 is 5.97 Å². The maximum absolute atomic E-state index is 11.6. The molecule has 3 rings (SSSR count). The van der Waals surface area contributed by atoms with E-state index in [-0.39, 0.29) is 11.7 Å². The molecule has 2 aromatic rings. The van der Waals surface area contributed by atoms with Gasteiger partial charge in [-0.05, 0) is 44.0 Å². The van der Waals surface area contributed by atoms with Gasteiger partial charge in [0.2, 0.25) is 0 Å². The van der Waals surface area contributed by atoms with Gasteiger partial charge in [0.15, 0.2) is 11.0 Å². The minimum atomic E-state index is -0.178. The van der Waals surface area contributed by atoms with Crippen LogP contribution in [0.3, 0.4) is 0 Å². The second-order valence-electron chi connectivity index (χ2n) is 6.42. The van der Waals surface area contributed by atoms with E-state index in [1.165, 1.54) is 19.3 Å². The van der Waals surface area contributed by atoms with Gasteiger partial charge in [0.25, 0.3) is 0 Å². The average Bonchev–Trinajstić information content (AvgIpc) is 3.07. The molecule has 6 nitrogen and oxygen atoms in total. The third kappa shape index (κ3) is 4.58. The van der Waals surface area contributed by atoms with Crippen LogP contribution in [-0.2, 0) is 9.53 Å². The highest BCUT2D eigenvalue weighted by molar-refractivity contribution is 7.99. The van der Waals surface area contributed by atoms with Crippen LogP contribution < -0.4 is 0 Å². The van der Waals surface area contributed by atoms with Gasteiger partial charge in [-0.3, -0.25) is 9.36 Å². The maximum Gasteiger partial charge on any atom is 0.306 e. The largest absolute Gasteiger partial charge is 0.508 e. The standard InChI is InChI=1S/C19H25N3O3S/c1-2-25-17(24)12-13-26-19-21-20-18(14-8-10-16(23)11-9-14)22(19)15-6-4-3-5-7-15/h8-11,15,23H,2-7,12-13H2,1H3. The van der Waals surface area contributed by atoms with E-state index < -0.39 is 0 Å². The van der Waals surface area contributed by atoms with Crippen molar-refractivity contribution in [2.24, 2.45) is 0 Å². The minimum Gasteiger partial charge on any atom is -0.508 e. The summed E-state index contributed by atoms with van der Waals surface area (Å²) in [7, 11) is 0. The van der Waals surface area contributed by atoms with Crippen LogP contribution >= 0.6 is 11.8 Å². The van der Waals surface area contributed by atoms with Crippen molar-refractivity contribution in [1.82, 2.24) is 14.8 Å². The van der Waals surface area contributed by atoms with Crippen LogP contribution in [0, 0.1) is 0 Å². The highest BCUT2D eigenvalue weighted by atomic mass is 32.2. The quantitative estimate of drug-likeness (QED) is 0.577. The molecule has 0 aliphatic heterocycles. The average molecular weight is 375 g/mol. The number of carbonyl (C=O) groups excluding carboxylic acids is 1. The summed E-state index contributed by atoms with van der Waals surface area (Å²) < 4.78 is 7.22. The van der Waals surface area contributed by atoms with Crippen molar-refractivity contribution in [2.45, 2.75) is 56.6 Å². The smallest absolute Gasteiger partial charge is 0.306 e. The number of phenols is 1. The first kappa shape index (κ1) is 18.8. The molecule has 1 aliphatic rings. The van der Waals surface area contributed by atoms with Crippen molar-refractivity contribution >= 4 is 17.7 Å². The summed E-state index contributed by atoms with van der Waals surface area (Å²) in [5.41, 5.74) is 0.943. The zero-order valence-corrected chi connectivity index (χ0v) is 15.9. The van der Waals surface area contributed by atoms with Crippen LogP contribution in [0.1, 0.15) is 51.5 Å². The topological polar surface area (TPSA) is 77.2 Å². The van der Waals surface area contributed by atoms with Gasteiger partial charge < -0.3 is 9.84 Å². The molecule has 0 unspecified atom stereocenters. The molecule has 140 valence electrons. The Kier molecular flexibility index (Phi) is 6.55. The van der Waals surface area contributed by atoms with Crippen LogP contribution in [0.5, 0.6) is 5.75 Å². The summed E-state index contributed by atoms with van der Waals surface area (Å²) in [5, 5.41) is 19.2. The summed E-state index contributed by atoms with van der Waals surface area (Å²) in [6.07, 6.45) is 6.31. The van der Waals surface area contributed by atoms with E-state index >= 15 is 0 Å². The van der Waals surface area contributed by atoms with Gasteiger partial charge in [-0.15, -0.1) is 10.2 Å². The van der Waals surface area contributed by atoms with Gasteiger partial charge in [0.05, 0.1) is 13.0 Å². The second kappa shape index (κ2) is 9.07. The Morgan fingerprint density at radius 1 is 1.23 bits per heavy atom. The number of nitrogens with zero attached hydrogens (tertiary/aromatic N) is 3. The lowest BCUT2D eigenvalue weighted by Gasteiger charge is -2.25. The molecule has 0 radical (unpaired) electrons. The number of thioether (sulfide) groups is 1. The van der Waals surface area contributed by atoms with Crippen molar-refractivity contribution in [3.63, 3.8) is 0 Å². The fourth-order valence-corrected chi connectivity index (χ4v) is 4.23. The van der Waals surface area contributed by atoms with Gasteiger partial charge in [-0.1, -0.05) is 31.0 Å². The molecule has 1 aromatic heterocycles. The number of rotatable bonds is 7. The lowest BCUT2D eigenvalue weighted by Crippen LogP contribution is -2.15. The van der Waals surface area contributed by atoms with Crippen molar-refractivity contribution in [3.8, 4) is 17.1 Å². The minimum absolute atomic E-state index is 0.178. The fourth-order valence-electron chi connectivity index (χ4n) is 3.31. The molecule has 0 saturated heterocycles. The number of ether oxygens (including phenoxy) is 1. The lowest BCUT2D eigenvalue weighted by molar-refractivity contribution is -0.142. The molecule has 1 fully saturated rings. The molecule has 1 aliphatic carbocycles. The van der Waals surface area contributed by atoms with E-state index in [1.54, 1.807) is 23.9 Å². The number of phenolic OH excluding ortho intramolecular Hbond substituents is 1. The van der Waals surface area contributed by atoms with Crippen molar-refractivity contribution in [2.75, 3.05) is 12.4 Å². The molecule has 0 bridgehead atoms.